The Morgan fingerprint density at radius 3 is 2.83 bits per heavy atom. The van der Waals surface area contributed by atoms with Crippen LogP contribution in [0.3, 0.4) is 0 Å². The molecule has 122 valence electrons. The molecule has 0 saturated carbocycles. The largest absolute Gasteiger partial charge is 0.485 e. The Morgan fingerprint density at radius 1 is 1.38 bits per heavy atom. The summed E-state index contributed by atoms with van der Waals surface area (Å²) in [6.45, 7) is 3.58. The van der Waals surface area contributed by atoms with Crippen molar-refractivity contribution in [3.63, 3.8) is 0 Å². The van der Waals surface area contributed by atoms with Crippen molar-refractivity contribution < 1.29 is 14.6 Å². The summed E-state index contributed by atoms with van der Waals surface area (Å²) in [5.74, 6) is 0.117. The van der Waals surface area contributed by atoms with Crippen molar-refractivity contribution in [2.75, 3.05) is 0 Å². The van der Waals surface area contributed by atoms with Crippen molar-refractivity contribution >= 4 is 5.91 Å². The van der Waals surface area contributed by atoms with Gasteiger partial charge in [-0.2, -0.15) is 5.26 Å². The second-order valence-corrected chi connectivity index (χ2v) is 6.18. The fraction of sp³-hybridized carbons (Fsp3) is 0.278. The molecule has 0 bridgehead atoms. The third-order valence-corrected chi connectivity index (χ3v) is 4.08. The van der Waals surface area contributed by atoms with Crippen LogP contribution >= 0.6 is 0 Å². The maximum Gasteiger partial charge on any atom is 0.270 e. The van der Waals surface area contributed by atoms with Gasteiger partial charge < -0.3 is 15.2 Å². The van der Waals surface area contributed by atoms with Gasteiger partial charge >= 0.3 is 0 Å². The van der Waals surface area contributed by atoms with Crippen LogP contribution in [-0.4, -0.2) is 27.6 Å². The van der Waals surface area contributed by atoms with Crippen molar-refractivity contribution in [1.82, 2.24) is 10.3 Å². The van der Waals surface area contributed by atoms with E-state index in [1.165, 1.54) is 6.20 Å². The molecule has 0 fully saturated rings. The Balaban J connectivity index is 1.92. The number of aliphatic hydroxyl groups is 1. The van der Waals surface area contributed by atoms with Gasteiger partial charge in [0, 0.05) is 11.8 Å². The zero-order valence-corrected chi connectivity index (χ0v) is 13.4. The van der Waals surface area contributed by atoms with Crippen molar-refractivity contribution in [2.45, 2.75) is 31.6 Å². The Labute approximate surface area is 139 Å². The normalized spacial score (nSPS) is 21.1. The van der Waals surface area contributed by atoms with Gasteiger partial charge in [-0.05, 0) is 44.2 Å². The van der Waals surface area contributed by atoms with E-state index in [9.17, 15) is 9.90 Å². The first-order valence-electron chi connectivity index (χ1n) is 7.55. The summed E-state index contributed by atoms with van der Waals surface area (Å²) in [4.78, 5) is 16.4. The number of hydrogen-bond donors (Lipinski definition) is 2. The van der Waals surface area contributed by atoms with Crippen LogP contribution in [0, 0.1) is 11.3 Å². The smallest absolute Gasteiger partial charge is 0.270 e. The number of pyridine rings is 1. The Kier molecular flexibility index (Phi) is 3.96. The van der Waals surface area contributed by atoms with Gasteiger partial charge in [0.15, 0.2) is 0 Å². The molecule has 1 aromatic carbocycles. The predicted molar refractivity (Wildman–Crippen MR) is 86.3 cm³/mol. The van der Waals surface area contributed by atoms with E-state index in [0.29, 0.717) is 16.9 Å². The van der Waals surface area contributed by atoms with Crippen LogP contribution in [0.15, 0.2) is 42.6 Å². The first-order valence-corrected chi connectivity index (χ1v) is 7.55. The molecule has 2 N–H and O–H groups in total. The first kappa shape index (κ1) is 16.0. The molecule has 6 nitrogen and oxygen atoms in total. The number of aliphatic hydroxyl groups excluding tert-OH is 1. The molecule has 0 saturated heterocycles. The van der Waals surface area contributed by atoms with Gasteiger partial charge in [0.1, 0.15) is 23.1 Å². The molecule has 0 aliphatic carbocycles. The van der Waals surface area contributed by atoms with E-state index in [2.05, 4.69) is 10.3 Å². The third-order valence-electron chi connectivity index (χ3n) is 4.08. The lowest BCUT2D eigenvalue weighted by Crippen LogP contribution is -2.57. The number of nitriles is 1. The van der Waals surface area contributed by atoms with Gasteiger partial charge in [0.2, 0.25) is 0 Å². The minimum absolute atomic E-state index is 0.261. The number of nitrogens with zero attached hydrogens (tertiary/aromatic N) is 2. The number of carbonyl (C=O) groups excluding carboxylic acids is 1. The molecule has 2 atom stereocenters. The molecule has 3 rings (SSSR count). The van der Waals surface area contributed by atoms with Crippen LogP contribution in [0.2, 0.25) is 0 Å². The average Bonchev–Trinajstić information content (AvgIpc) is 2.58. The van der Waals surface area contributed by atoms with E-state index >= 15 is 0 Å². The van der Waals surface area contributed by atoms with Crippen molar-refractivity contribution in [3.05, 3.63) is 59.4 Å². The van der Waals surface area contributed by atoms with E-state index in [1.54, 1.807) is 50.2 Å². The standard InChI is InChI=1S/C18H17N3O3/c1-18(2)16(21-17(23)13-5-3-4-8-20-13)15(22)12-9-11(10-19)6-7-14(12)24-18/h3-9,15-16,22H,1-2H3,(H,21,23). The zero-order chi connectivity index (χ0) is 17.3. The maximum absolute atomic E-state index is 12.4. The third kappa shape index (κ3) is 2.82. The summed E-state index contributed by atoms with van der Waals surface area (Å²) in [5.41, 5.74) is 0.341. The summed E-state index contributed by atoms with van der Waals surface area (Å²) in [6.07, 6.45) is 0.534. The molecule has 6 heteroatoms. The number of amides is 1. The second-order valence-electron chi connectivity index (χ2n) is 6.18. The molecule has 1 aliphatic rings. The summed E-state index contributed by atoms with van der Waals surface area (Å²) in [7, 11) is 0. The van der Waals surface area contributed by atoms with Gasteiger partial charge in [-0.15, -0.1) is 0 Å². The summed E-state index contributed by atoms with van der Waals surface area (Å²) < 4.78 is 5.93. The number of fused-ring (bicyclic) bond motifs is 1. The van der Waals surface area contributed by atoms with E-state index in [4.69, 9.17) is 10.00 Å². The second kappa shape index (κ2) is 5.95. The fourth-order valence-corrected chi connectivity index (χ4v) is 2.81. The molecule has 1 aliphatic heterocycles. The van der Waals surface area contributed by atoms with E-state index in [-0.39, 0.29) is 5.69 Å². The van der Waals surface area contributed by atoms with Crippen LogP contribution in [0.1, 0.15) is 41.6 Å². The summed E-state index contributed by atoms with van der Waals surface area (Å²) in [6, 6.07) is 11.3. The molecule has 0 radical (unpaired) electrons. The number of hydrogen-bond acceptors (Lipinski definition) is 5. The van der Waals surface area contributed by atoms with Crippen LogP contribution in [-0.2, 0) is 0 Å². The lowest BCUT2D eigenvalue weighted by atomic mass is 9.85. The van der Waals surface area contributed by atoms with Crippen LogP contribution in [0.25, 0.3) is 0 Å². The van der Waals surface area contributed by atoms with Crippen molar-refractivity contribution in [1.29, 1.82) is 5.26 Å². The lowest BCUT2D eigenvalue weighted by molar-refractivity contribution is -0.0253. The summed E-state index contributed by atoms with van der Waals surface area (Å²) >= 11 is 0. The van der Waals surface area contributed by atoms with E-state index in [1.807, 2.05) is 6.07 Å². The molecule has 0 spiro atoms. The molecule has 2 aromatic rings. The van der Waals surface area contributed by atoms with Gasteiger partial charge in [0.05, 0.1) is 17.7 Å². The first-order chi connectivity index (χ1) is 11.4. The lowest BCUT2D eigenvalue weighted by Gasteiger charge is -2.43. The zero-order valence-electron chi connectivity index (χ0n) is 13.4. The monoisotopic (exact) mass is 323 g/mol. The fourth-order valence-electron chi connectivity index (χ4n) is 2.81. The Hall–Kier alpha value is -2.91. The van der Waals surface area contributed by atoms with Crippen LogP contribution < -0.4 is 10.1 Å². The van der Waals surface area contributed by atoms with Gasteiger partial charge in [-0.3, -0.25) is 9.78 Å². The van der Waals surface area contributed by atoms with E-state index < -0.39 is 23.7 Å². The molecule has 2 unspecified atom stereocenters. The minimum atomic E-state index is -0.996. The van der Waals surface area contributed by atoms with Crippen molar-refractivity contribution in [2.24, 2.45) is 0 Å². The highest BCUT2D eigenvalue weighted by Gasteiger charge is 2.44. The SMILES string of the molecule is CC1(C)Oc2ccc(C#N)cc2C(O)C1NC(=O)c1ccccn1. The predicted octanol–water partition coefficient (Wildman–Crippen LogP) is 1.96. The quantitative estimate of drug-likeness (QED) is 0.881. The number of nitrogens with one attached hydrogen (secondary N) is 1. The molecular formula is C18H17N3O3. The average molecular weight is 323 g/mol. The number of rotatable bonds is 2. The topological polar surface area (TPSA) is 95.2 Å². The highest BCUT2D eigenvalue weighted by Crippen LogP contribution is 2.40. The highest BCUT2D eigenvalue weighted by molar-refractivity contribution is 5.92. The van der Waals surface area contributed by atoms with Gasteiger partial charge in [0.25, 0.3) is 5.91 Å². The maximum atomic E-state index is 12.4. The Morgan fingerprint density at radius 2 is 2.17 bits per heavy atom. The molecule has 1 aromatic heterocycles. The van der Waals surface area contributed by atoms with Gasteiger partial charge in [-0.25, -0.2) is 0 Å². The highest BCUT2D eigenvalue weighted by atomic mass is 16.5. The van der Waals surface area contributed by atoms with Crippen molar-refractivity contribution in [3.8, 4) is 11.8 Å². The van der Waals surface area contributed by atoms with Crippen LogP contribution in [0.5, 0.6) is 5.75 Å². The van der Waals surface area contributed by atoms with Crippen LogP contribution in [0.4, 0.5) is 0 Å². The minimum Gasteiger partial charge on any atom is -0.485 e. The number of carbonyl (C=O) groups is 1. The molecular weight excluding hydrogens is 306 g/mol. The Bertz CT molecular complexity index is 812. The van der Waals surface area contributed by atoms with Gasteiger partial charge in [-0.1, -0.05) is 6.07 Å². The number of benzene rings is 1. The molecule has 24 heavy (non-hydrogen) atoms. The molecule has 1 amide bonds. The summed E-state index contributed by atoms with van der Waals surface area (Å²) in [5, 5.41) is 22.6. The van der Waals surface area contributed by atoms with E-state index in [0.717, 1.165) is 0 Å². The number of aromatic nitrogens is 1. The number of ether oxygens (including phenoxy) is 1. The molecule has 2 heterocycles.